The normalized spacial score (nSPS) is 17.1. The molecular formula is C17H30O4. The lowest BCUT2D eigenvalue weighted by Crippen LogP contribution is -2.47. The number of carboxylic acids is 2. The molecule has 0 radical (unpaired) electrons. The van der Waals surface area contributed by atoms with Gasteiger partial charge >= 0.3 is 11.9 Å². The van der Waals surface area contributed by atoms with Gasteiger partial charge in [-0.15, -0.1) is 0 Å². The summed E-state index contributed by atoms with van der Waals surface area (Å²) in [5.74, 6) is -2.81. The molecule has 0 unspecified atom stereocenters. The molecule has 1 rings (SSSR count). The Hall–Kier alpha value is -1.06. The Labute approximate surface area is 127 Å². The SMILES string of the molecule is CC(C)CC(CC(C)C)(C1CCCC1)C(C(=O)O)C(=O)O. The van der Waals surface area contributed by atoms with Crippen LogP contribution in [0, 0.1) is 29.1 Å². The van der Waals surface area contributed by atoms with Crippen molar-refractivity contribution in [2.45, 2.75) is 66.2 Å². The van der Waals surface area contributed by atoms with Crippen molar-refractivity contribution < 1.29 is 19.8 Å². The molecule has 0 saturated heterocycles. The molecule has 21 heavy (non-hydrogen) atoms. The van der Waals surface area contributed by atoms with Crippen LogP contribution in [-0.2, 0) is 9.59 Å². The number of rotatable bonds is 8. The van der Waals surface area contributed by atoms with Gasteiger partial charge in [-0.3, -0.25) is 9.59 Å². The Kier molecular flexibility index (Phi) is 6.24. The summed E-state index contributed by atoms with van der Waals surface area (Å²) < 4.78 is 0. The van der Waals surface area contributed by atoms with E-state index < -0.39 is 23.3 Å². The Morgan fingerprint density at radius 2 is 1.33 bits per heavy atom. The van der Waals surface area contributed by atoms with Crippen LogP contribution in [0.15, 0.2) is 0 Å². The summed E-state index contributed by atoms with van der Waals surface area (Å²) in [6.07, 6.45) is 5.48. The molecule has 0 spiro atoms. The zero-order valence-corrected chi connectivity index (χ0v) is 13.8. The Balaban J connectivity index is 3.31. The van der Waals surface area contributed by atoms with Crippen LogP contribution in [0.2, 0.25) is 0 Å². The summed E-state index contributed by atoms with van der Waals surface area (Å²) in [6.45, 7) is 8.24. The first-order chi connectivity index (χ1) is 9.70. The molecule has 0 aliphatic heterocycles. The summed E-state index contributed by atoms with van der Waals surface area (Å²) >= 11 is 0. The molecule has 0 aromatic carbocycles. The highest BCUT2D eigenvalue weighted by atomic mass is 16.4. The molecular weight excluding hydrogens is 268 g/mol. The lowest BCUT2D eigenvalue weighted by atomic mass is 9.58. The monoisotopic (exact) mass is 298 g/mol. The van der Waals surface area contributed by atoms with Crippen molar-refractivity contribution in [3.05, 3.63) is 0 Å². The van der Waals surface area contributed by atoms with Crippen molar-refractivity contribution in [2.24, 2.45) is 29.1 Å². The van der Waals surface area contributed by atoms with Crippen LogP contribution in [0.1, 0.15) is 66.2 Å². The number of aliphatic carboxylic acids is 2. The number of carbonyl (C=O) groups is 2. The third kappa shape index (κ3) is 4.21. The Bertz CT molecular complexity index is 343. The molecule has 0 atom stereocenters. The second-order valence-electron chi connectivity index (χ2n) is 7.52. The lowest BCUT2D eigenvalue weighted by Gasteiger charge is -2.44. The molecule has 122 valence electrons. The maximum Gasteiger partial charge on any atom is 0.318 e. The van der Waals surface area contributed by atoms with Crippen molar-refractivity contribution in [2.75, 3.05) is 0 Å². The summed E-state index contributed by atoms with van der Waals surface area (Å²) in [5.41, 5.74) is -0.615. The van der Waals surface area contributed by atoms with Gasteiger partial charge in [0.2, 0.25) is 0 Å². The van der Waals surface area contributed by atoms with E-state index in [9.17, 15) is 19.8 Å². The topological polar surface area (TPSA) is 74.6 Å². The lowest BCUT2D eigenvalue weighted by molar-refractivity contribution is -0.166. The third-order valence-electron chi connectivity index (χ3n) is 4.81. The molecule has 0 amide bonds. The highest BCUT2D eigenvalue weighted by Gasteiger charge is 2.53. The zero-order chi connectivity index (χ0) is 16.2. The second kappa shape index (κ2) is 7.28. The quantitative estimate of drug-likeness (QED) is 0.663. The summed E-state index contributed by atoms with van der Waals surface area (Å²) in [7, 11) is 0. The minimum absolute atomic E-state index is 0.222. The van der Waals surface area contributed by atoms with E-state index in [0.29, 0.717) is 24.7 Å². The first kappa shape index (κ1) is 18.0. The Morgan fingerprint density at radius 3 is 1.62 bits per heavy atom. The molecule has 1 aliphatic rings. The highest BCUT2D eigenvalue weighted by Crippen LogP contribution is 2.53. The van der Waals surface area contributed by atoms with Crippen LogP contribution < -0.4 is 0 Å². The van der Waals surface area contributed by atoms with Crippen LogP contribution in [0.5, 0.6) is 0 Å². The zero-order valence-electron chi connectivity index (χ0n) is 13.8. The van der Waals surface area contributed by atoms with Gasteiger partial charge in [-0.05, 0) is 48.9 Å². The summed E-state index contributed by atoms with van der Waals surface area (Å²) in [5, 5.41) is 19.2. The smallest absolute Gasteiger partial charge is 0.318 e. The van der Waals surface area contributed by atoms with E-state index in [1.54, 1.807) is 0 Å². The van der Waals surface area contributed by atoms with Gasteiger partial charge in [0.1, 0.15) is 0 Å². The number of hydrogen-bond acceptors (Lipinski definition) is 2. The molecule has 0 aromatic heterocycles. The van der Waals surface area contributed by atoms with Crippen LogP contribution in [-0.4, -0.2) is 22.2 Å². The minimum atomic E-state index is -1.29. The minimum Gasteiger partial charge on any atom is -0.481 e. The van der Waals surface area contributed by atoms with Gasteiger partial charge in [0.25, 0.3) is 0 Å². The Morgan fingerprint density at radius 1 is 0.952 bits per heavy atom. The van der Waals surface area contributed by atoms with E-state index in [-0.39, 0.29) is 5.92 Å². The number of hydrogen-bond donors (Lipinski definition) is 2. The van der Waals surface area contributed by atoms with Crippen molar-refractivity contribution in [3.63, 3.8) is 0 Å². The van der Waals surface area contributed by atoms with Crippen LogP contribution in [0.3, 0.4) is 0 Å². The van der Waals surface area contributed by atoms with Gasteiger partial charge in [0.15, 0.2) is 5.92 Å². The maximum atomic E-state index is 11.7. The van der Waals surface area contributed by atoms with E-state index >= 15 is 0 Å². The molecule has 4 nitrogen and oxygen atoms in total. The molecule has 2 N–H and O–H groups in total. The fraction of sp³-hybridized carbons (Fsp3) is 0.882. The average molecular weight is 298 g/mol. The van der Waals surface area contributed by atoms with Gasteiger partial charge in [-0.2, -0.15) is 0 Å². The standard InChI is InChI=1S/C17H30O4/c1-11(2)9-17(10-12(3)4,13-7-5-6-8-13)14(15(18)19)16(20)21/h11-14H,5-10H2,1-4H3,(H,18,19)(H,20,21). The van der Waals surface area contributed by atoms with Gasteiger partial charge in [-0.25, -0.2) is 0 Å². The van der Waals surface area contributed by atoms with Crippen LogP contribution >= 0.6 is 0 Å². The first-order valence-corrected chi connectivity index (χ1v) is 8.16. The summed E-state index contributed by atoms with van der Waals surface area (Å²) in [6, 6.07) is 0. The second-order valence-corrected chi connectivity index (χ2v) is 7.52. The fourth-order valence-electron chi connectivity index (χ4n) is 4.51. The largest absolute Gasteiger partial charge is 0.481 e. The van der Waals surface area contributed by atoms with Crippen LogP contribution in [0.25, 0.3) is 0 Å². The van der Waals surface area contributed by atoms with Gasteiger partial charge < -0.3 is 10.2 Å². The molecule has 1 aliphatic carbocycles. The molecule has 1 fully saturated rings. The molecule has 1 saturated carbocycles. The van der Waals surface area contributed by atoms with E-state index in [1.807, 2.05) is 0 Å². The molecule has 0 aromatic rings. The van der Waals surface area contributed by atoms with E-state index in [1.165, 1.54) is 0 Å². The van der Waals surface area contributed by atoms with E-state index in [0.717, 1.165) is 25.7 Å². The third-order valence-corrected chi connectivity index (χ3v) is 4.81. The maximum absolute atomic E-state index is 11.7. The van der Waals surface area contributed by atoms with E-state index in [4.69, 9.17) is 0 Å². The molecule has 0 heterocycles. The predicted molar refractivity (Wildman–Crippen MR) is 82.1 cm³/mol. The van der Waals surface area contributed by atoms with Gasteiger partial charge in [0, 0.05) is 0 Å². The molecule has 0 bridgehead atoms. The fourth-order valence-corrected chi connectivity index (χ4v) is 4.51. The first-order valence-electron chi connectivity index (χ1n) is 8.16. The molecule has 4 heteroatoms. The highest BCUT2D eigenvalue weighted by molar-refractivity contribution is 5.94. The predicted octanol–water partition coefficient (Wildman–Crippen LogP) is 4.04. The average Bonchev–Trinajstić information content (AvgIpc) is 2.78. The van der Waals surface area contributed by atoms with E-state index in [2.05, 4.69) is 27.7 Å². The van der Waals surface area contributed by atoms with Crippen LogP contribution in [0.4, 0.5) is 0 Å². The van der Waals surface area contributed by atoms with Gasteiger partial charge in [-0.1, -0.05) is 40.5 Å². The number of carboxylic acid groups (broad SMARTS) is 2. The van der Waals surface area contributed by atoms with Gasteiger partial charge in [0.05, 0.1) is 0 Å². The van der Waals surface area contributed by atoms with Crippen molar-refractivity contribution in [1.29, 1.82) is 0 Å². The van der Waals surface area contributed by atoms with Crippen molar-refractivity contribution in [1.82, 2.24) is 0 Å². The summed E-state index contributed by atoms with van der Waals surface area (Å²) in [4.78, 5) is 23.5. The van der Waals surface area contributed by atoms with Crippen molar-refractivity contribution in [3.8, 4) is 0 Å². The van der Waals surface area contributed by atoms with Crippen molar-refractivity contribution >= 4 is 11.9 Å².